The van der Waals surface area contributed by atoms with E-state index in [2.05, 4.69) is 33.9 Å². The summed E-state index contributed by atoms with van der Waals surface area (Å²) in [7, 11) is -5.55. The predicted octanol–water partition coefficient (Wildman–Crippen LogP) is 5.84. The summed E-state index contributed by atoms with van der Waals surface area (Å²) in [6.45, 7) is 12.5. The number of likely N-dealkylation sites (tertiary alicyclic amines) is 1. The van der Waals surface area contributed by atoms with Crippen molar-refractivity contribution in [3.8, 4) is 0 Å². The van der Waals surface area contributed by atoms with Crippen LogP contribution in [-0.4, -0.2) is 78.3 Å². The fourth-order valence-corrected chi connectivity index (χ4v) is 7.77. The zero-order valence-corrected chi connectivity index (χ0v) is 28.4. The highest BCUT2D eigenvalue weighted by molar-refractivity contribution is 8.32. The van der Waals surface area contributed by atoms with E-state index >= 15 is 0 Å². The minimum atomic E-state index is -4.24. The van der Waals surface area contributed by atoms with Gasteiger partial charge in [0.25, 0.3) is 15.9 Å². The molecule has 2 aromatic rings. The van der Waals surface area contributed by atoms with Crippen LogP contribution in [0.15, 0.2) is 34.2 Å². The molecule has 2 amide bonds. The molecule has 0 radical (unpaired) electrons. The number of hydrogen-bond acceptors (Lipinski definition) is 8. The van der Waals surface area contributed by atoms with Gasteiger partial charge in [-0.3, -0.25) is 4.79 Å². The summed E-state index contributed by atoms with van der Waals surface area (Å²) in [5.41, 5.74) is -0.348. The maximum atomic E-state index is 13.1. The summed E-state index contributed by atoms with van der Waals surface area (Å²) >= 11 is 6.30. The Labute approximate surface area is 256 Å². The first kappa shape index (κ1) is 33.9. The van der Waals surface area contributed by atoms with Gasteiger partial charge in [0, 0.05) is 23.5 Å². The van der Waals surface area contributed by atoms with Crippen molar-refractivity contribution in [3.63, 3.8) is 0 Å². The van der Waals surface area contributed by atoms with Crippen molar-refractivity contribution in [1.82, 2.24) is 19.6 Å². The Hall–Kier alpha value is -2.57. The molecule has 2 N–H and O–H groups in total. The number of aryl methyl sites for hydroxylation is 1. The van der Waals surface area contributed by atoms with Crippen LogP contribution in [0, 0.1) is 12.8 Å². The van der Waals surface area contributed by atoms with Gasteiger partial charge in [-0.25, -0.2) is 29.5 Å². The van der Waals surface area contributed by atoms with Crippen LogP contribution in [0.5, 0.6) is 0 Å². The molecule has 0 aliphatic carbocycles. The third-order valence-electron chi connectivity index (χ3n) is 6.93. The number of rotatable bonds is 9. The topological polar surface area (TPSA) is 131 Å². The first-order valence-electron chi connectivity index (χ1n) is 13.8. The SMILES string of the molecule is Cc1nc(Cl)c(S(C)(C)C)cc1C(=O)NS(=O)(=O)c1cccc(NCCC[C@@H]2CN(C(=O)OC(C)(C)C)C(C)(C)C2)n1. The van der Waals surface area contributed by atoms with E-state index in [1.165, 1.54) is 6.07 Å². The Morgan fingerprint density at radius 2 is 1.83 bits per heavy atom. The van der Waals surface area contributed by atoms with Crippen molar-refractivity contribution < 1.29 is 22.7 Å². The number of anilines is 1. The molecule has 10 nitrogen and oxygen atoms in total. The number of nitrogens with one attached hydrogen (secondary N) is 2. The summed E-state index contributed by atoms with van der Waals surface area (Å²) < 4.78 is 33.8. The van der Waals surface area contributed by atoms with Crippen LogP contribution in [0.3, 0.4) is 0 Å². The van der Waals surface area contributed by atoms with Crippen LogP contribution < -0.4 is 10.0 Å². The Kier molecular flexibility index (Phi) is 10.2. The molecular formula is C29H44ClN5O5S2. The summed E-state index contributed by atoms with van der Waals surface area (Å²) in [6, 6.07) is 6.21. The van der Waals surface area contributed by atoms with Crippen LogP contribution in [-0.2, 0) is 14.8 Å². The summed E-state index contributed by atoms with van der Waals surface area (Å²) in [4.78, 5) is 36.7. The number of hydrogen-bond donors (Lipinski definition) is 2. The second-order valence-electron chi connectivity index (χ2n) is 13.1. The Morgan fingerprint density at radius 3 is 2.45 bits per heavy atom. The number of carbonyl (C=O) groups is 2. The molecule has 2 aromatic heterocycles. The lowest BCUT2D eigenvalue weighted by Crippen LogP contribution is -2.45. The zero-order valence-electron chi connectivity index (χ0n) is 26.0. The highest BCUT2D eigenvalue weighted by atomic mass is 35.5. The van der Waals surface area contributed by atoms with Gasteiger partial charge in [-0.1, -0.05) is 17.7 Å². The number of ether oxygens (including phenoxy) is 1. The number of pyridine rings is 2. The van der Waals surface area contributed by atoms with Gasteiger partial charge >= 0.3 is 6.09 Å². The average molecular weight is 642 g/mol. The molecule has 1 fully saturated rings. The zero-order chi connectivity index (χ0) is 31.7. The van der Waals surface area contributed by atoms with Crippen molar-refractivity contribution in [2.45, 2.75) is 81.9 Å². The van der Waals surface area contributed by atoms with Crippen LogP contribution in [0.25, 0.3) is 0 Å². The number of halogens is 1. The molecule has 0 aromatic carbocycles. The molecule has 42 heavy (non-hydrogen) atoms. The number of carbonyl (C=O) groups excluding carboxylic acids is 2. The summed E-state index contributed by atoms with van der Waals surface area (Å²) in [5.74, 6) is -0.0764. The third-order valence-corrected chi connectivity index (χ3v) is 10.2. The van der Waals surface area contributed by atoms with Gasteiger partial charge in [-0.05, 0) is 104 Å². The van der Waals surface area contributed by atoms with Crippen molar-refractivity contribution >= 4 is 49.5 Å². The van der Waals surface area contributed by atoms with Gasteiger partial charge < -0.3 is 15.0 Å². The maximum absolute atomic E-state index is 13.1. The van der Waals surface area contributed by atoms with Crippen molar-refractivity contribution in [2.75, 3.05) is 37.2 Å². The molecule has 13 heteroatoms. The molecule has 1 aliphatic heterocycles. The fourth-order valence-electron chi connectivity index (χ4n) is 4.93. The average Bonchev–Trinajstić information content (AvgIpc) is 3.14. The molecule has 3 rings (SSSR count). The molecular weight excluding hydrogens is 598 g/mol. The molecule has 0 saturated carbocycles. The minimum Gasteiger partial charge on any atom is -0.444 e. The van der Waals surface area contributed by atoms with Crippen molar-refractivity contribution in [2.24, 2.45) is 5.92 Å². The molecule has 234 valence electrons. The van der Waals surface area contributed by atoms with Crippen LogP contribution in [0.2, 0.25) is 5.15 Å². The van der Waals surface area contributed by atoms with Crippen molar-refractivity contribution in [1.29, 1.82) is 0 Å². The maximum Gasteiger partial charge on any atom is 0.410 e. The molecule has 1 aliphatic rings. The lowest BCUT2D eigenvalue weighted by molar-refractivity contribution is 0.0130. The van der Waals surface area contributed by atoms with E-state index < -0.39 is 31.6 Å². The van der Waals surface area contributed by atoms with E-state index in [9.17, 15) is 18.0 Å². The van der Waals surface area contributed by atoms with E-state index in [-0.39, 0.29) is 22.2 Å². The lowest BCUT2D eigenvalue weighted by Gasteiger charge is -2.33. The monoisotopic (exact) mass is 641 g/mol. The van der Waals surface area contributed by atoms with Crippen LogP contribution >= 0.6 is 21.6 Å². The standard InChI is InChI=1S/C29H44ClN5O5S2/c1-19-21(16-22(25(30)32-19)41(7,8)9)26(36)34-42(38,39)24-14-10-13-23(33-24)31-15-11-12-20-17-29(5,6)35(18-20)27(37)40-28(2,3)4/h10,13-14,16,20H,11-12,15,17-18H2,1-9H3,(H,31,33)(H,34,36)/t20-/m0/s1. The van der Waals surface area contributed by atoms with Gasteiger partial charge in [0.2, 0.25) is 0 Å². The second kappa shape index (κ2) is 12.6. The van der Waals surface area contributed by atoms with Crippen LogP contribution in [0.1, 0.15) is 69.9 Å². The van der Waals surface area contributed by atoms with E-state index in [0.29, 0.717) is 35.7 Å². The fraction of sp³-hybridized carbons (Fsp3) is 0.586. The Balaban J connectivity index is 1.59. The molecule has 1 saturated heterocycles. The van der Waals surface area contributed by atoms with E-state index in [1.807, 2.05) is 44.4 Å². The lowest BCUT2D eigenvalue weighted by atomic mass is 9.93. The number of sulfonamides is 1. The van der Waals surface area contributed by atoms with Crippen LogP contribution in [0.4, 0.5) is 10.6 Å². The number of amides is 2. The largest absolute Gasteiger partial charge is 0.444 e. The smallest absolute Gasteiger partial charge is 0.410 e. The first-order chi connectivity index (χ1) is 19.2. The minimum absolute atomic E-state index is 0.148. The Bertz CT molecular complexity index is 1430. The molecule has 0 spiro atoms. The normalized spacial score (nSPS) is 17.6. The highest BCUT2D eigenvalue weighted by Crippen LogP contribution is 2.48. The first-order valence-corrected chi connectivity index (χ1v) is 18.6. The van der Waals surface area contributed by atoms with Gasteiger partial charge in [0.1, 0.15) is 16.6 Å². The third kappa shape index (κ3) is 8.73. The highest BCUT2D eigenvalue weighted by Gasteiger charge is 2.42. The summed E-state index contributed by atoms with van der Waals surface area (Å²) in [6.07, 6.45) is 8.31. The number of aromatic nitrogens is 2. The van der Waals surface area contributed by atoms with E-state index in [0.717, 1.165) is 24.2 Å². The molecule has 3 heterocycles. The van der Waals surface area contributed by atoms with Gasteiger partial charge in [-0.15, -0.1) is 0 Å². The van der Waals surface area contributed by atoms with E-state index in [1.54, 1.807) is 25.1 Å². The Morgan fingerprint density at radius 1 is 1.17 bits per heavy atom. The summed E-state index contributed by atoms with van der Waals surface area (Å²) in [5, 5.41) is 3.22. The van der Waals surface area contributed by atoms with Crippen molar-refractivity contribution in [3.05, 3.63) is 40.7 Å². The number of nitrogens with zero attached hydrogens (tertiary/aromatic N) is 3. The van der Waals surface area contributed by atoms with E-state index in [4.69, 9.17) is 16.3 Å². The van der Waals surface area contributed by atoms with Gasteiger partial charge in [0.05, 0.1) is 11.3 Å². The quantitative estimate of drug-likeness (QED) is 0.258. The predicted molar refractivity (Wildman–Crippen MR) is 169 cm³/mol. The molecule has 0 bridgehead atoms. The molecule has 1 atom stereocenters. The van der Waals surface area contributed by atoms with Gasteiger partial charge in [0.15, 0.2) is 5.03 Å². The van der Waals surface area contributed by atoms with Gasteiger partial charge in [-0.2, -0.15) is 8.42 Å². The molecule has 0 unspecified atom stereocenters. The second-order valence-corrected chi connectivity index (χ2v) is 19.2.